The topological polar surface area (TPSA) is 66.9 Å². The second kappa shape index (κ2) is 8.85. The quantitative estimate of drug-likeness (QED) is 0.487. The third-order valence-corrected chi connectivity index (χ3v) is 4.58. The Morgan fingerprint density at radius 2 is 1.73 bits per heavy atom. The van der Waals surface area contributed by atoms with Crippen LogP contribution in [-0.2, 0) is 12.7 Å². The number of anilines is 2. The van der Waals surface area contributed by atoms with Crippen LogP contribution in [0.3, 0.4) is 0 Å². The lowest BCUT2D eigenvalue weighted by atomic mass is 10.2. The highest BCUT2D eigenvalue weighted by atomic mass is 35.5. The summed E-state index contributed by atoms with van der Waals surface area (Å²) >= 11 is 11.7. The molecule has 30 heavy (non-hydrogen) atoms. The van der Waals surface area contributed by atoms with Crippen molar-refractivity contribution >= 4 is 40.7 Å². The molecule has 0 radical (unpaired) electrons. The zero-order valence-electron chi connectivity index (χ0n) is 14.9. The summed E-state index contributed by atoms with van der Waals surface area (Å²) < 4.78 is 53.3. The Hall–Kier alpha value is -2.91. The van der Waals surface area contributed by atoms with Gasteiger partial charge < -0.3 is 10.6 Å². The van der Waals surface area contributed by atoms with Gasteiger partial charge in [-0.3, -0.25) is 4.79 Å². The van der Waals surface area contributed by atoms with E-state index in [1.807, 2.05) is 0 Å². The molecule has 2 N–H and O–H groups in total. The Kier molecular flexibility index (Phi) is 6.42. The molecule has 0 spiro atoms. The minimum Gasteiger partial charge on any atom is -0.348 e. The summed E-state index contributed by atoms with van der Waals surface area (Å²) in [5, 5.41) is 5.38. The van der Waals surface area contributed by atoms with E-state index in [9.17, 15) is 22.4 Å². The molecule has 0 aliphatic heterocycles. The monoisotopic (exact) mass is 458 g/mol. The smallest absolute Gasteiger partial charge is 0.348 e. The van der Waals surface area contributed by atoms with Gasteiger partial charge in [0.2, 0.25) is 5.95 Å². The maximum atomic E-state index is 13.5. The van der Waals surface area contributed by atoms with Crippen molar-refractivity contribution in [3.63, 3.8) is 0 Å². The van der Waals surface area contributed by atoms with E-state index in [2.05, 4.69) is 20.6 Å². The molecule has 156 valence electrons. The van der Waals surface area contributed by atoms with Gasteiger partial charge in [-0.05, 0) is 35.9 Å². The van der Waals surface area contributed by atoms with Crippen LogP contribution in [0.5, 0.6) is 0 Å². The molecule has 2 aromatic carbocycles. The zero-order valence-corrected chi connectivity index (χ0v) is 16.4. The van der Waals surface area contributed by atoms with Crippen LogP contribution in [0.1, 0.15) is 21.6 Å². The van der Waals surface area contributed by atoms with Gasteiger partial charge in [0.05, 0.1) is 15.6 Å². The first kappa shape index (κ1) is 21.8. The molecule has 0 bridgehead atoms. The van der Waals surface area contributed by atoms with Gasteiger partial charge in [0.15, 0.2) is 5.69 Å². The molecule has 1 heterocycles. The van der Waals surface area contributed by atoms with Crippen molar-refractivity contribution in [2.24, 2.45) is 0 Å². The van der Waals surface area contributed by atoms with Crippen LogP contribution in [-0.4, -0.2) is 15.9 Å². The average Bonchev–Trinajstić information content (AvgIpc) is 2.69. The van der Waals surface area contributed by atoms with E-state index in [4.69, 9.17) is 23.2 Å². The number of amides is 1. The fourth-order valence-corrected chi connectivity index (χ4v) is 2.71. The van der Waals surface area contributed by atoms with Crippen LogP contribution in [0.2, 0.25) is 10.0 Å². The minimum absolute atomic E-state index is 0.0975. The maximum Gasteiger partial charge on any atom is 0.434 e. The Labute approximate surface area is 178 Å². The van der Waals surface area contributed by atoms with Crippen LogP contribution in [0.4, 0.5) is 29.2 Å². The minimum atomic E-state index is -4.90. The zero-order chi connectivity index (χ0) is 21.9. The van der Waals surface area contributed by atoms with E-state index in [0.717, 1.165) is 6.20 Å². The van der Waals surface area contributed by atoms with Crippen molar-refractivity contribution < 1.29 is 22.4 Å². The number of hydrogen-bond acceptors (Lipinski definition) is 4. The number of carbonyl (C=O) groups excluding carboxylic acids is 1. The van der Waals surface area contributed by atoms with Crippen molar-refractivity contribution in [2.45, 2.75) is 12.7 Å². The maximum absolute atomic E-state index is 13.5. The average molecular weight is 459 g/mol. The molecule has 3 aromatic rings. The van der Waals surface area contributed by atoms with Crippen molar-refractivity contribution in [2.75, 3.05) is 5.32 Å². The summed E-state index contributed by atoms with van der Waals surface area (Å²) in [5.41, 5.74) is -1.33. The lowest BCUT2D eigenvalue weighted by Crippen LogP contribution is -2.27. The fourth-order valence-electron chi connectivity index (χ4n) is 2.41. The number of carbonyl (C=O) groups is 1. The van der Waals surface area contributed by atoms with Crippen LogP contribution in [0.15, 0.2) is 48.7 Å². The third kappa shape index (κ3) is 5.37. The standard InChI is InChI=1S/C19H12Cl2F4N4O/c20-14-6-5-12(7-15(14)21)28-18-27-9-13(16(29-18)19(23,24)25)17(30)26-8-10-1-3-11(22)4-2-10/h1-7,9H,8H2,(H,26,30)(H,27,28,29). The molecule has 0 fully saturated rings. The van der Waals surface area contributed by atoms with E-state index in [-0.39, 0.29) is 22.5 Å². The molecule has 0 saturated carbocycles. The summed E-state index contributed by atoms with van der Waals surface area (Å²) in [4.78, 5) is 19.5. The van der Waals surface area contributed by atoms with Gasteiger partial charge >= 0.3 is 6.18 Å². The number of benzene rings is 2. The molecule has 0 saturated heterocycles. The molecule has 0 aliphatic rings. The molecule has 11 heteroatoms. The van der Waals surface area contributed by atoms with Gasteiger partial charge in [-0.15, -0.1) is 0 Å². The van der Waals surface area contributed by atoms with Gasteiger partial charge in [-0.2, -0.15) is 13.2 Å². The number of hydrogen-bond donors (Lipinski definition) is 2. The van der Waals surface area contributed by atoms with Crippen molar-refractivity contribution in [1.82, 2.24) is 15.3 Å². The molecular formula is C19H12Cl2F4N4O. The molecule has 1 aromatic heterocycles. The van der Waals surface area contributed by atoms with Crippen LogP contribution < -0.4 is 10.6 Å². The third-order valence-electron chi connectivity index (χ3n) is 3.84. The van der Waals surface area contributed by atoms with Crippen molar-refractivity contribution in [3.05, 3.63) is 81.3 Å². The highest BCUT2D eigenvalue weighted by molar-refractivity contribution is 6.42. The lowest BCUT2D eigenvalue weighted by molar-refractivity contribution is -0.141. The number of alkyl halides is 3. The lowest BCUT2D eigenvalue weighted by Gasteiger charge is -2.14. The Balaban J connectivity index is 1.82. The summed E-state index contributed by atoms with van der Waals surface area (Å²) in [6.45, 7) is -0.0975. The Bertz CT molecular complexity index is 1080. The van der Waals surface area contributed by atoms with E-state index in [0.29, 0.717) is 11.3 Å². The predicted molar refractivity (Wildman–Crippen MR) is 104 cm³/mol. The number of halogens is 6. The van der Waals surface area contributed by atoms with E-state index < -0.39 is 29.2 Å². The fraction of sp³-hybridized carbons (Fsp3) is 0.105. The Morgan fingerprint density at radius 3 is 2.37 bits per heavy atom. The molecule has 0 atom stereocenters. The number of nitrogens with zero attached hydrogens (tertiary/aromatic N) is 2. The number of aromatic nitrogens is 2. The van der Waals surface area contributed by atoms with Gasteiger partial charge in [0.25, 0.3) is 5.91 Å². The largest absolute Gasteiger partial charge is 0.434 e. The number of rotatable bonds is 5. The van der Waals surface area contributed by atoms with E-state index in [1.54, 1.807) is 0 Å². The van der Waals surface area contributed by atoms with E-state index >= 15 is 0 Å². The summed E-state index contributed by atoms with van der Waals surface area (Å²) in [6.07, 6.45) is -4.13. The first-order chi connectivity index (χ1) is 14.1. The summed E-state index contributed by atoms with van der Waals surface area (Å²) in [7, 11) is 0. The molecule has 0 aliphatic carbocycles. The van der Waals surface area contributed by atoms with Crippen LogP contribution >= 0.6 is 23.2 Å². The van der Waals surface area contributed by atoms with Gasteiger partial charge in [0.1, 0.15) is 5.82 Å². The van der Waals surface area contributed by atoms with Crippen molar-refractivity contribution in [3.8, 4) is 0 Å². The van der Waals surface area contributed by atoms with Crippen molar-refractivity contribution in [1.29, 1.82) is 0 Å². The van der Waals surface area contributed by atoms with Gasteiger partial charge in [-0.1, -0.05) is 35.3 Å². The molecule has 3 rings (SSSR count). The van der Waals surface area contributed by atoms with Crippen LogP contribution in [0.25, 0.3) is 0 Å². The first-order valence-electron chi connectivity index (χ1n) is 8.32. The SMILES string of the molecule is O=C(NCc1ccc(F)cc1)c1cnc(Nc2ccc(Cl)c(Cl)c2)nc1C(F)(F)F. The second-order valence-corrected chi connectivity index (χ2v) is 6.83. The molecule has 0 unspecified atom stereocenters. The van der Waals surface area contributed by atoms with Crippen LogP contribution in [0, 0.1) is 5.82 Å². The molecular weight excluding hydrogens is 447 g/mol. The van der Waals surface area contributed by atoms with Gasteiger partial charge in [-0.25, -0.2) is 14.4 Å². The number of nitrogens with one attached hydrogen (secondary N) is 2. The highest BCUT2D eigenvalue weighted by Crippen LogP contribution is 2.32. The van der Waals surface area contributed by atoms with Gasteiger partial charge in [0, 0.05) is 18.4 Å². The first-order valence-corrected chi connectivity index (χ1v) is 9.08. The van der Waals surface area contributed by atoms with E-state index in [1.165, 1.54) is 42.5 Å². The normalized spacial score (nSPS) is 11.3. The highest BCUT2D eigenvalue weighted by Gasteiger charge is 2.38. The second-order valence-electron chi connectivity index (χ2n) is 6.02. The summed E-state index contributed by atoms with van der Waals surface area (Å²) in [5.74, 6) is -1.87. The Morgan fingerprint density at radius 1 is 1.03 bits per heavy atom. The molecule has 5 nitrogen and oxygen atoms in total. The predicted octanol–water partition coefficient (Wildman–Crippen LogP) is 5.61. The summed E-state index contributed by atoms with van der Waals surface area (Å²) in [6, 6.07) is 9.48. The molecule has 1 amide bonds.